The van der Waals surface area contributed by atoms with E-state index in [4.69, 9.17) is 0 Å². The molecule has 24 heavy (non-hydrogen) atoms. The summed E-state index contributed by atoms with van der Waals surface area (Å²) in [6, 6.07) is 5.77. The third-order valence-electron chi connectivity index (χ3n) is 3.33. The number of hydrogen-bond donors (Lipinski definition) is 1. The van der Waals surface area contributed by atoms with E-state index < -0.39 is 17.7 Å². The summed E-state index contributed by atoms with van der Waals surface area (Å²) in [6.45, 7) is 1.77. The first-order valence-corrected chi connectivity index (χ1v) is 6.90. The lowest BCUT2D eigenvalue weighted by molar-refractivity contribution is 0.0549. The van der Waals surface area contributed by atoms with Crippen LogP contribution >= 0.6 is 0 Å². The van der Waals surface area contributed by atoms with Crippen molar-refractivity contribution in [2.24, 2.45) is 0 Å². The monoisotopic (exact) mass is 329 g/mol. The summed E-state index contributed by atoms with van der Waals surface area (Å²) in [5.74, 6) is -2.38. The average Bonchev–Trinajstić information content (AvgIpc) is 2.61. The Hall–Kier alpha value is -3.22. The molecule has 2 rings (SSSR count). The van der Waals surface area contributed by atoms with Crippen LogP contribution in [0.1, 0.15) is 42.3 Å². The second-order valence-corrected chi connectivity index (χ2v) is 4.95. The number of nitrogens with zero attached hydrogens (tertiary/aromatic N) is 1. The van der Waals surface area contributed by atoms with Gasteiger partial charge in [-0.1, -0.05) is 11.6 Å². The second kappa shape index (κ2) is 6.91. The Kier molecular flexibility index (Phi) is 4.93. The molecule has 0 unspecified atom stereocenters. The van der Waals surface area contributed by atoms with Gasteiger partial charge in [0, 0.05) is 11.8 Å². The molecule has 0 aliphatic rings. The zero-order chi connectivity index (χ0) is 17.9. The van der Waals surface area contributed by atoms with Crippen molar-refractivity contribution < 1.29 is 29.0 Å². The number of methoxy groups -OCH3 is 2. The maximum absolute atomic E-state index is 12.6. The summed E-state index contributed by atoms with van der Waals surface area (Å²) in [5.41, 5.74) is 0.433. The van der Waals surface area contributed by atoms with E-state index >= 15 is 0 Å². The number of rotatable bonds is 4. The fraction of sp³-hybridized carbons (Fsp3) is 0.176. The lowest BCUT2D eigenvalue weighted by atomic mass is 10.00. The molecule has 0 aliphatic carbocycles. The van der Waals surface area contributed by atoms with E-state index in [1.807, 2.05) is 0 Å². The average molecular weight is 329 g/mol. The van der Waals surface area contributed by atoms with Crippen molar-refractivity contribution in [1.29, 1.82) is 0 Å². The van der Waals surface area contributed by atoms with E-state index in [-0.39, 0.29) is 28.1 Å². The van der Waals surface area contributed by atoms with Gasteiger partial charge in [-0.15, -0.1) is 0 Å². The van der Waals surface area contributed by atoms with Crippen LogP contribution in [0.4, 0.5) is 0 Å². The van der Waals surface area contributed by atoms with Gasteiger partial charge >= 0.3 is 11.9 Å². The predicted molar refractivity (Wildman–Crippen MR) is 83.2 cm³/mol. The molecule has 124 valence electrons. The van der Waals surface area contributed by atoms with Crippen molar-refractivity contribution in [3.05, 3.63) is 58.4 Å². The Bertz CT molecular complexity index is 828. The molecule has 0 amide bonds. The largest absolute Gasteiger partial charge is 0.507 e. The minimum atomic E-state index is -0.828. The van der Waals surface area contributed by atoms with Gasteiger partial charge in [0.25, 0.3) is 0 Å². The topological polar surface area (TPSA) is 103 Å². The van der Waals surface area contributed by atoms with E-state index in [2.05, 4.69) is 14.5 Å². The first-order valence-electron chi connectivity index (χ1n) is 6.90. The fourth-order valence-electron chi connectivity index (χ4n) is 2.10. The predicted octanol–water partition coefficient (Wildman–Crippen LogP) is 1.90. The number of phenolic OH excluding ortho intramolecular Hbond substituents is 1. The second-order valence-electron chi connectivity index (χ2n) is 4.95. The van der Waals surface area contributed by atoms with Crippen LogP contribution < -0.4 is 0 Å². The Morgan fingerprint density at radius 1 is 1.00 bits per heavy atom. The van der Waals surface area contributed by atoms with Gasteiger partial charge < -0.3 is 14.6 Å². The SMILES string of the molecule is COC(=O)c1cc(C(=O)c2cc(C)ccc2O)cnc1C(=O)OC. The number of aromatic hydroxyl groups is 1. The van der Waals surface area contributed by atoms with Crippen molar-refractivity contribution in [2.45, 2.75) is 6.92 Å². The molecule has 1 N–H and O–H groups in total. The lowest BCUT2D eigenvalue weighted by Gasteiger charge is -2.09. The Balaban J connectivity index is 2.55. The summed E-state index contributed by atoms with van der Waals surface area (Å²) in [5, 5.41) is 9.87. The van der Waals surface area contributed by atoms with E-state index in [0.717, 1.165) is 26.0 Å². The number of esters is 2. The summed E-state index contributed by atoms with van der Waals surface area (Å²) >= 11 is 0. The van der Waals surface area contributed by atoms with Crippen LogP contribution in [-0.4, -0.2) is 42.0 Å². The first-order chi connectivity index (χ1) is 11.4. The van der Waals surface area contributed by atoms with Crippen LogP contribution in [0, 0.1) is 6.92 Å². The lowest BCUT2D eigenvalue weighted by Crippen LogP contribution is -2.16. The van der Waals surface area contributed by atoms with Crippen LogP contribution in [0.5, 0.6) is 5.75 Å². The highest BCUT2D eigenvalue weighted by Crippen LogP contribution is 2.23. The van der Waals surface area contributed by atoms with Gasteiger partial charge in [0.05, 0.1) is 25.3 Å². The maximum atomic E-state index is 12.6. The van der Waals surface area contributed by atoms with Gasteiger partial charge in [0.1, 0.15) is 5.75 Å². The number of phenols is 1. The van der Waals surface area contributed by atoms with Crippen molar-refractivity contribution in [3.63, 3.8) is 0 Å². The molecule has 1 aromatic carbocycles. The van der Waals surface area contributed by atoms with Crippen LogP contribution in [0.15, 0.2) is 30.5 Å². The molecule has 0 radical (unpaired) electrons. The minimum Gasteiger partial charge on any atom is -0.507 e. The number of aromatic nitrogens is 1. The van der Waals surface area contributed by atoms with Gasteiger partial charge in [-0.05, 0) is 25.1 Å². The summed E-state index contributed by atoms with van der Waals surface area (Å²) in [6.07, 6.45) is 1.14. The number of carbonyl (C=O) groups excluding carboxylic acids is 3. The Morgan fingerprint density at radius 2 is 1.67 bits per heavy atom. The van der Waals surface area contributed by atoms with Gasteiger partial charge in [0.15, 0.2) is 11.5 Å². The highest BCUT2D eigenvalue weighted by molar-refractivity contribution is 6.12. The number of aryl methyl sites for hydroxylation is 1. The molecule has 0 bridgehead atoms. The van der Waals surface area contributed by atoms with Gasteiger partial charge in [0.2, 0.25) is 0 Å². The van der Waals surface area contributed by atoms with Crippen LogP contribution in [0.2, 0.25) is 0 Å². The minimum absolute atomic E-state index is 0.0314. The van der Waals surface area contributed by atoms with Gasteiger partial charge in [-0.2, -0.15) is 0 Å². The molecule has 0 fully saturated rings. The van der Waals surface area contributed by atoms with Gasteiger partial charge in [-0.3, -0.25) is 4.79 Å². The Labute approximate surface area is 137 Å². The molecular weight excluding hydrogens is 314 g/mol. The standard InChI is InChI=1S/C17H15NO6/c1-9-4-5-13(19)11(6-9)15(20)10-7-12(16(21)23-2)14(18-8-10)17(22)24-3/h4-8,19H,1-3H3. The molecule has 7 heteroatoms. The van der Waals surface area contributed by atoms with Crippen molar-refractivity contribution >= 4 is 17.7 Å². The van der Waals surface area contributed by atoms with Crippen LogP contribution in [-0.2, 0) is 9.47 Å². The molecule has 2 aromatic rings. The third kappa shape index (κ3) is 3.24. The highest BCUT2D eigenvalue weighted by Gasteiger charge is 2.23. The number of hydrogen-bond acceptors (Lipinski definition) is 7. The number of ketones is 1. The molecule has 1 heterocycles. The van der Waals surface area contributed by atoms with Crippen LogP contribution in [0.3, 0.4) is 0 Å². The summed E-state index contributed by atoms with van der Waals surface area (Å²) in [4.78, 5) is 39.9. The van der Waals surface area contributed by atoms with Crippen molar-refractivity contribution in [3.8, 4) is 5.75 Å². The third-order valence-corrected chi connectivity index (χ3v) is 3.33. The molecule has 7 nitrogen and oxygen atoms in total. The zero-order valence-corrected chi connectivity index (χ0v) is 13.3. The van der Waals surface area contributed by atoms with Crippen LogP contribution in [0.25, 0.3) is 0 Å². The number of benzene rings is 1. The molecule has 1 aromatic heterocycles. The quantitative estimate of drug-likeness (QED) is 0.675. The van der Waals surface area contributed by atoms with E-state index in [1.54, 1.807) is 13.0 Å². The highest BCUT2D eigenvalue weighted by atomic mass is 16.5. The molecule has 0 saturated carbocycles. The van der Waals surface area contributed by atoms with Crippen molar-refractivity contribution in [1.82, 2.24) is 4.98 Å². The summed E-state index contributed by atoms with van der Waals surface area (Å²) in [7, 11) is 2.29. The molecule has 0 spiro atoms. The smallest absolute Gasteiger partial charge is 0.357 e. The molecular formula is C17H15NO6. The molecule has 0 aliphatic heterocycles. The zero-order valence-electron chi connectivity index (χ0n) is 13.3. The number of carbonyl (C=O) groups is 3. The van der Waals surface area contributed by atoms with E-state index in [1.165, 1.54) is 18.2 Å². The molecule has 0 saturated heterocycles. The fourth-order valence-corrected chi connectivity index (χ4v) is 2.10. The van der Waals surface area contributed by atoms with Gasteiger partial charge in [-0.25, -0.2) is 14.6 Å². The normalized spacial score (nSPS) is 10.1. The number of ether oxygens (including phenoxy) is 2. The Morgan fingerprint density at radius 3 is 2.29 bits per heavy atom. The van der Waals surface area contributed by atoms with E-state index in [0.29, 0.717) is 0 Å². The first kappa shape index (κ1) is 17.1. The van der Waals surface area contributed by atoms with E-state index in [9.17, 15) is 19.5 Å². The molecule has 0 atom stereocenters. The summed E-state index contributed by atoms with van der Waals surface area (Å²) < 4.78 is 9.16. The number of pyridine rings is 1. The van der Waals surface area contributed by atoms with Crippen molar-refractivity contribution in [2.75, 3.05) is 14.2 Å². The maximum Gasteiger partial charge on any atom is 0.357 e.